The zero-order valence-electron chi connectivity index (χ0n) is 11.7. The van der Waals surface area contributed by atoms with Crippen molar-refractivity contribution in [2.75, 3.05) is 20.6 Å². The van der Waals surface area contributed by atoms with Gasteiger partial charge in [0, 0.05) is 6.54 Å². The molecule has 1 aliphatic carbocycles. The monoisotopic (exact) mass is 246 g/mol. The molecule has 2 heteroatoms. The zero-order valence-corrected chi connectivity index (χ0v) is 11.7. The van der Waals surface area contributed by atoms with Gasteiger partial charge in [-0.25, -0.2) is 0 Å². The molecule has 0 saturated heterocycles. The Morgan fingerprint density at radius 1 is 1.11 bits per heavy atom. The van der Waals surface area contributed by atoms with E-state index in [0.29, 0.717) is 0 Å². The topological polar surface area (TPSA) is 24.1 Å². The molecule has 1 saturated carbocycles. The Kier molecular flexibility index (Phi) is 5.21. The molecule has 1 aromatic rings. The Bertz CT molecular complexity index is 360. The van der Waals surface area contributed by atoms with Crippen LogP contribution in [-0.4, -0.2) is 20.6 Å². The highest BCUT2D eigenvalue weighted by Gasteiger charge is 2.23. The summed E-state index contributed by atoms with van der Waals surface area (Å²) in [5, 5.41) is 6.62. The summed E-state index contributed by atoms with van der Waals surface area (Å²) >= 11 is 0. The lowest BCUT2D eigenvalue weighted by Crippen LogP contribution is -2.24. The van der Waals surface area contributed by atoms with Gasteiger partial charge < -0.3 is 10.6 Å². The van der Waals surface area contributed by atoms with Crippen molar-refractivity contribution in [3.05, 3.63) is 35.4 Å². The minimum Gasteiger partial charge on any atom is -0.319 e. The quantitative estimate of drug-likeness (QED) is 0.835. The summed E-state index contributed by atoms with van der Waals surface area (Å²) in [6.07, 6.45) is 5.49. The van der Waals surface area contributed by atoms with Crippen LogP contribution in [0.3, 0.4) is 0 Å². The second-order valence-corrected chi connectivity index (χ2v) is 5.52. The van der Waals surface area contributed by atoms with Crippen molar-refractivity contribution in [1.82, 2.24) is 10.6 Å². The summed E-state index contributed by atoms with van der Waals surface area (Å²) in [6.45, 7) is 2.16. The molecule has 1 aliphatic rings. The standard InChI is InChI=1S/C16H26N2/c1-17-11-13-6-5-8-14(10-13)16-9-4-3-7-15(16)12-18-2/h3-4,7,9,13-14,17-18H,5-6,8,10-12H2,1-2H3. The van der Waals surface area contributed by atoms with Gasteiger partial charge in [0.25, 0.3) is 0 Å². The highest BCUT2D eigenvalue weighted by molar-refractivity contribution is 5.30. The predicted molar refractivity (Wildman–Crippen MR) is 77.8 cm³/mol. The summed E-state index contributed by atoms with van der Waals surface area (Å²) in [5.74, 6) is 1.62. The molecule has 0 spiro atoms. The third-order valence-electron chi connectivity index (χ3n) is 4.14. The van der Waals surface area contributed by atoms with Crippen molar-refractivity contribution < 1.29 is 0 Å². The van der Waals surface area contributed by atoms with E-state index in [1.54, 1.807) is 5.56 Å². The maximum Gasteiger partial charge on any atom is 0.0205 e. The largest absolute Gasteiger partial charge is 0.319 e. The van der Waals surface area contributed by atoms with Crippen molar-refractivity contribution in [3.8, 4) is 0 Å². The van der Waals surface area contributed by atoms with Gasteiger partial charge in [-0.3, -0.25) is 0 Å². The molecule has 0 aromatic heterocycles. The molecule has 0 bridgehead atoms. The fraction of sp³-hybridized carbons (Fsp3) is 0.625. The highest BCUT2D eigenvalue weighted by atomic mass is 14.8. The molecule has 2 atom stereocenters. The number of rotatable bonds is 5. The van der Waals surface area contributed by atoms with Crippen LogP contribution in [0.4, 0.5) is 0 Å². The molecule has 1 aromatic carbocycles. The molecule has 0 aliphatic heterocycles. The average Bonchev–Trinajstić information content (AvgIpc) is 2.40. The Morgan fingerprint density at radius 2 is 1.94 bits per heavy atom. The van der Waals surface area contributed by atoms with E-state index in [0.717, 1.165) is 18.4 Å². The first-order chi connectivity index (χ1) is 8.85. The van der Waals surface area contributed by atoms with Crippen LogP contribution in [0.5, 0.6) is 0 Å². The van der Waals surface area contributed by atoms with E-state index in [4.69, 9.17) is 0 Å². The number of benzene rings is 1. The zero-order chi connectivity index (χ0) is 12.8. The number of hydrogen-bond donors (Lipinski definition) is 2. The molecule has 2 unspecified atom stereocenters. The van der Waals surface area contributed by atoms with E-state index in [1.165, 1.54) is 37.8 Å². The summed E-state index contributed by atoms with van der Waals surface area (Å²) in [7, 11) is 4.10. The molecule has 0 radical (unpaired) electrons. The lowest BCUT2D eigenvalue weighted by molar-refractivity contribution is 0.315. The molecular weight excluding hydrogens is 220 g/mol. The van der Waals surface area contributed by atoms with Gasteiger partial charge in [-0.15, -0.1) is 0 Å². The fourth-order valence-corrected chi connectivity index (χ4v) is 3.33. The lowest BCUT2D eigenvalue weighted by Gasteiger charge is -2.30. The van der Waals surface area contributed by atoms with Crippen LogP contribution < -0.4 is 10.6 Å². The third kappa shape index (κ3) is 3.33. The van der Waals surface area contributed by atoms with Gasteiger partial charge in [0.2, 0.25) is 0 Å². The second kappa shape index (κ2) is 6.91. The molecule has 0 amide bonds. The van der Waals surface area contributed by atoms with E-state index >= 15 is 0 Å². The van der Waals surface area contributed by atoms with Crippen LogP contribution in [0.2, 0.25) is 0 Å². The SMILES string of the molecule is CNCc1ccccc1C1CCCC(CNC)C1. The van der Waals surface area contributed by atoms with Crippen LogP contribution in [0.1, 0.15) is 42.7 Å². The van der Waals surface area contributed by atoms with Crippen LogP contribution in [0.15, 0.2) is 24.3 Å². The average molecular weight is 246 g/mol. The predicted octanol–water partition coefficient (Wildman–Crippen LogP) is 2.90. The molecular formula is C16H26N2. The maximum absolute atomic E-state index is 3.34. The van der Waals surface area contributed by atoms with Crippen molar-refractivity contribution in [1.29, 1.82) is 0 Å². The van der Waals surface area contributed by atoms with E-state index in [-0.39, 0.29) is 0 Å². The van der Waals surface area contributed by atoms with Gasteiger partial charge in [0.15, 0.2) is 0 Å². The van der Waals surface area contributed by atoms with Gasteiger partial charge >= 0.3 is 0 Å². The van der Waals surface area contributed by atoms with Crippen LogP contribution in [-0.2, 0) is 6.54 Å². The molecule has 100 valence electrons. The van der Waals surface area contributed by atoms with Crippen LogP contribution >= 0.6 is 0 Å². The van der Waals surface area contributed by atoms with Crippen molar-refractivity contribution in [2.24, 2.45) is 5.92 Å². The van der Waals surface area contributed by atoms with Crippen LogP contribution in [0.25, 0.3) is 0 Å². The number of nitrogens with one attached hydrogen (secondary N) is 2. The van der Waals surface area contributed by atoms with E-state index in [1.807, 2.05) is 7.05 Å². The molecule has 18 heavy (non-hydrogen) atoms. The Labute approximate surface area is 111 Å². The second-order valence-electron chi connectivity index (χ2n) is 5.52. The van der Waals surface area contributed by atoms with Gasteiger partial charge in [-0.1, -0.05) is 30.7 Å². The van der Waals surface area contributed by atoms with Crippen molar-refractivity contribution in [3.63, 3.8) is 0 Å². The Morgan fingerprint density at radius 3 is 2.72 bits per heavy atom. The van der Waals surface area contributed by atoms with E-state index in [2.05, 4.69) is 41.9 Å². The van der Waals surface area contributed by atoms with Crippen molar-refractivity contribution >= 4 is 0 Å². The smallest absolute Gasteiger partial charge is 0.0205 e. The summed E-state index contributed by atoms with van der Waals surface area (Å²) in [6, 6.07) is 8.95. The van der Waals surface area contributed by atoms with Gasteiger partial charge in [-0.2, -0.15) is 0 Å². The van der Waals surface area contributed by atoms with E-state index < -0.39 is 0 Å². The Hall–Kier alpha value is -0.860. The minimum absolute atomic E-state index is 0.765. The molecule has 1 fully saturated rings. The summed E-state index contributed by atoms with van der Waals surface area (Å²) in [4.78, 5) is 0. The minimum atomic E-state index is 0.765. The van der Waals surface area contributed by atoms with Gasteiger partial charge in [0.1, 0.15) is 0 Å². The third-order valence-corrected chi connectivity index (χ3v) is 4.14. The normalized spacial score (nSPS) is 24.1. The first kappa shape index (κ1) is 13.6. The lowest BCUT2D eigenvalue weighted by atomic mass is 9.76. The Balaban J connectivity index is 2.10. The van der Waals surface area contributed by atoms with Gasteiger partial charge in [0.05, 0.1) is 0 Å². The number of hydrogen-bond acceptors (Lipinski definition) is 2. The van der Waals surface area contributed by atoms with Crippen LogP contribution in [0, 0.1) is 5.92 Å². The van der Waals surface area contributed by atoms with Crippen molar-refractivity contribution in [2.45, 2.75) is 38.1 Å². The molecule has 2 rings (SSSR count). The highest BCUT2D eigenvalue weighted by Crippen LogP contribution is 2.37. The first-order valence-electron chi connectivity index (χ1n) is 7.22. The summed E-state index contributed by atoms with van der Waals surface area (Å²) in [5.41, 5.74) is 3.06. The van der Waals surface area contributed by atoms with Gasteiger partial charge in [-0.05, 0) is 62.9 Å². The van der Waals surface area contributed by atoms with E-state index in [9.17, 15) is 0 Å². The molecule has 0 heterocycles. The maximum atomic E-state index is 3.34. The first-order valence-corrected chi connectivity index (χ1v) is 7.22. The summed E-state index contributed by atoms with van der Waals surface area (Å²) < 4.78 is 0. The molecule has 2 nitrogen and oxygen atoms in total. The fourth-order valence-electron chi connectivity index (χ4n) is 3.33. The molecule has 2 N–H and O–H groups in total.